The van der Waals surface area contributed by atoms with Gasteiger partial charge in [-0.3, -0.25) is 0 Å². The molecule has 0 rings (SSSR count). The Morgan fingerprint density at radius 3 is 2.00 bits per heavy atom. The first-order valence-electron chi connectivity index (χ1n) is 4.53. The first-order valence-corrected chi connectivity index (χ1v) is 4.53. The molecule has 0 aliphatic rings. The Morgan fingerprint density at radius 1 is 1.33 bits per heavy atom. The maximum Gasteiger partial charge on any atom is 0.103 e. The summed E-state index contributed by atoms with van der Waals surface area (Å²) in [5, 5.41) is 0. The van der Waals surface area contributed by atoms with Crippen LogP contribution in [-0.2, 0) is 0 Å². The standard InChI is InChI=1S/C9H24N3/c1-8(9(2,3)11)12(4,5)7-6-10/h8H,6-7,10-11H2,1-5H3/q+1. The van der Waals surface area contributed by atoms with Crippen molar-refractivity contribution in [3.05, 3.63) is 0 Å². The van der Waals surface area contributed by atoms with E-state index in [1.807, 2.05) is 0 Å². The molecule has 0 fully saturated rings. The van der Waals surface area contributed by atoms with Gasteiger partial charge in [0.15, 0.2) is 0 Å². The lowest BCUT2D eigenvalue weighted by molar-refractivity contribution is -0.915. The molecular formula is C9H24N3+. The summed E-state index contributed by atoms with van der Waals surface area (Å²) >= 11 is 0. The van der Waals surface area contributed by atoms with Gasteiger partial charge in [0, 0.05) is 6.54 Å². The van der Waals surface area contributed by atoms with Crippen LogP contribution in [0.5, 0.6) is 0 Å². The molecule has 0 radical (unpaired) electrons. The highest BCUT2D eigenvalue weighted by molar-refractivity contribution is 4.79. The van der Waals surface area contributed by atoms with Crippen LogP contribution in [0.15, 0.2) is 0 Å². The van der Waals surface area contributed by atoms with Gasteiger partial charge in [0.05, 0.1) is 26.2 Å². The predicted molar refractivity (Wildman–Crippen MR) is 53.8 cm³/mol. The molecule has 0 heterocycles. The summed E-state index contributed by atoms with van der Waals surface area (Å²) in [6.45, 7) is 7.99. The Balaban J connectivity index is 4.34. The average molecular weight is 174 g/mol. The molecular weight excluding hydrogens is 150 g/mol. The SMILES string of the molecule is CC(C(C)(C)N)[N+](C)(C)CCN. The van der Waals surface area contributed by atoms with E-state index in [4.69, 9.17) is 11.5 Å². The molecule has 0 spiro atoms. The van der Waals surface area contributed by atoms with Gasteiger partial charge in [0.25, 0.3) is 0 Å². The maximum atomic E-state index is 6.04. The van der Waals surface area contributed by atoms with Crippen LogP contribution in [0, 0.1) is 0 Å². The minimum atomic E-state index is -0.140. The van der Waals surface area contributed by atoms with Crippen LogP contribution in [0.1, 0.15) is 20.8 Å². The molecule has 12 heavy (non-hydrogen) atoms. The van der Waals surface area contributed by atoms with Gasteiger partial charge in [-0.2, -0.15) is 0 Å². The first kappa shape index (κ1) is 11.9. The fourth-order valence-corrected chi connectivity index (χ4v) is 1.43. The van der Waals surface area contributed by atoms with Crippen molar-refractivity contribution in [1.82, 2.24) is 0 Å². The molecule has 0 aromatic heterocycles. The van der Waals surface area contributed by atoms with E-state index in [1.165, 1.54) is 0 Å². The van der Waals surface area contributed by atoms with Crippen molar-refractivity contribution in [2.45, 2.75) is 32.4 Å². The molecule has 1 atom stereocenters. The van der Waals surface area contributed by atoms with Gasteiger partial charge < -0.3 is 16.0 Å². The van der Waals surface area contributed by atoms with E-state index in [1.54, 1.807) is 0 Å². The lowest BCUT2D eigenvalue weighted by Crippen LogP contribution is -2.61. The maximum absolute atomic E-state index is 6.04. The second kappa shape index (κ2) is 3.73. The predicted octanol–water partition coefficient (Wildman–Crippen LogP) is 0.147. The Kier molecular flexibility index (Phi) is 3.69. The summed E-state index contributed by atoms with van der Waals surface area (Å²) in [6, 6.07) is 0.418. The quantitative estimate of drug-likeness (QED) is 0.596. The van der Waals surface area contributed by atoms with Crippen LogP contribution < -0.4 is 11.5 Å². The summed E-state index contributed by atoms with van der Waals surface area (Å²) in [4.78, 5) is 0. The number of nitrogens with zero attached hydrogens (tertiary/aromatic N) is 1. The lowest BCUT2D eigenvalue weighted by atomic mass is 9.95. The molecule has 3 heteroatoms. The second-order valence-electron chi connectivity index (χ2n) is 4.79. The van der Waals surface area contributed by atoms with Crippen molar-refractivity contribution in [2.24, 2.45) is 11.5 Å². The van der Waals surface area contributed by atoms with E-state index in [2.05, 4.69) is 34.9 Å². The van der Waals surface area contributed by atoms with Crippen LogP contribution in [0.2, 0.25) is 0 Å². The second-order valence-corrected chi connectivity index (χ2v) is 4.79. The van der Waals surface area contributed by atoms with Crippen molar-refractivity contribution in [1.29, 1.82) is 0 Å². The molecule has 74 valence electrons. The van der Waals surface area contributed by atoms with Crippen LogP contribution in [0.3, 0.4) is 0 Å². The molecule has 1 unspecified atom stereocenters. The van der Waals surface area contributed by atoms with E-state index >= 15 is 0 Å². The molecule has 0 amide bonds. The van der Waals surface area contributed by atoms with Gasteiger partial charge in [0.1, 0.15) is 6.04 Å². The summed E-state index contributed by atoms with van der Waals surface area (Å²) in [5.74, 6) is 0. The third-order valence-corrected chi connectivity index (χ3v) is 2.83. The largest absolute Gasteiger partial charge is 0.326 e. The summed E-state index contributed by atoms with van der Waals surface area (Å²) in [7, 11) is 4.35. The van der Waals surface area contributed by atoms with Crippen LogP contribution in [0.4, 0.5) is 0 Å². The van der Waals surface area contributed by atoms with Crippen molar-refractivity contribution < 1.29 is 4.48 Å². The molecule has 0 saturated heterocycles. The molecule has 0 aromatic carbocycles. The Morgan fingerprint density at radius 2 is 1.75 bits per heavy atom. The Hall–Kier alpha value is -0.120. The van der Waals surface area contributed by atoms with Crippen molar-refractivity contribution in [3.63, 3.8) is 0 Å². The number of rotatable bonds is 4. The van der Waals surface area contributed by atoms with Crippen LogP contribution >= 0.6 is 0 Å². The Labute approximate surface area is 76.3 Å². The highest BCUT2D eigenvalue weighted by Crippen LogP contribution is 2.16. The summed E-state index contributed by atoms with van der Waals surface area (Å²) < 4.78 is 0.889. The zero-order valence-electron chi connectivity index (χ0n) is 9.09. The monoisotopic (exact) mass is 174 g/mol. The van der Waals surface area contributed by atoms with Crippen molar-refractivity contribution in [3.8, 4) is 0 Å². The molecule has 0 aliphatic heterocycles. The number of quaternary nitrogens is 1. The topological polar surface area (TPSA) is 52.0 Å². The summed E-state index contributed by atoms with van der Waals surface area (Å²) in [6.07, 6.45) is 0. The minimum absolute atomic E-state index is 0.140. The molecule has 4 N–H and O–H groups in total. The minimum Gasteiger partial charge on any atom is -0.326 e. The number of hydrogen-bond donors (Lipinski definition) is 2. The highest BCUT2D eigenvalue weighted by atomic mass is 15.3. The molecule has 0 saturated carbocycles. The van der Waals surface area contributed by atoms with E-state index < -0.39 is 0 Å². The molecule has 0 aromatic rings. The number of hydrogen-bond acceptors (Lipinski definition) is 2. The first-order chi connectivity index (χ1) is 5.22. The molecule has 0 aliphatic carbocycles. The number of likely N-dealkylation sites (N-methyl/N-ethyl adjacent to an activating group) is 1. The van der Waals surface area contributed by atoms with Crippen LogP contribution in [-0.4, -0.2) is 43.2 Å². The van der Waals surface area contributed by atoms with E-state index in [-0.39, 0.29) is 5.54 Å². The van der Waals surface area contributed by atoms with E-state index in [0.29, 0.717) is 12.6 Å². The number of nitrogens with two attached hydrogens (primary N) is 2. The zero-order valence-corrected chi connectivity index (χ0v) is 9.09. The molecule has 0 bridgehead atoms. The fourth-order valence-electron chi connectivity index (χ4n) is 1.43. The van der Waals surface area contributed by atoms with Gasteiger partial charge in [-0.25, -0.2) is 0 Å². The zero-order chi connectivity index (χ0) is 9.99. The summed E-state index contributed by atoms with van der Waals surface area (Å²) in [5.41, 5.74) is 11.4. The smallest absolute Gasteiger partial charge is 0.103 e. The van der Waals surface area contributed by atoms with E-state index in [0.717, 1.165) is 11.0 Å². The Bertz CT molecular complexity index is 135. The van der Waals surface area contributed by atoms with Gasteiger partial charge in [-0.05, 0) is 20.8 Å². The molecule has 3 nitrogen and oxygen atoms in total. The van der Waals surface area contributed by atoms with Crippen LogP contribution in [0.25, 0.3) is 0 Å². The van der Waals surface area contributed by atoms with E-state index in [9.17, 15) is 0 Å². The van der Waals surface area contributed by atoms with Gasteiger partial charge in [-0.15, -0.1) is 0 Å². The van der Waals surface area contributed by atoms with Gasteiger partial charge >= 0.3 is 0 Å². The van der Waals surface area contributed by atoms with Crippen molar-refractivity contribution >= 4 is 0 Å². The normalized spacial score (nSPS) is 16.2. The van der Waals surface area contributed by atoms with Gasteiger partial charge in [-0.1, -0.05) is 0 Å². The lowest BCUT2D eigenvalue weighted by Gasteiger charge is -2.42. The third kappa shape index (κ3) is 3.09. The average Bonchev–Trinajstić information content (AvgIpc) is 1.84. The third-order valence-electron chi connectivity index (χ3n) is 2.83. The van der Waals surface area contributed by atoms with Gasteiger partial charge in [0.2, 0.25) is 0 Å². The van der Waals surface area contributed by atoms with Crippen molar-refractivity contribution in [2.75, 3.05) is 27.2 Å². The highest BCUT2D eigenvalue weighted by Gasteiger charge is 2.34. The fraction of sp³-hybridized carbons (Fsp3) is 1.00.